The van der Waals surface area contributed by atoms with Crippen LogP contribution >= 0.6 is 22.9 Å². The summed E-state index contributed by atoms with van der Waals surface area (Å²) in [5, 5.41) is 3.58. The molecule has 1 nitrogen and oxygen atoms in total. The van der Waals surface area contributed by atoms with E-state index in [4.69, 9.17) is 11.6 Å². The first-order valence-corrected chi connectivity index (χ1v) is 7.90. The van der Waals surface area contributed by atoms with Crippen LogP contribution in [-0.2, 0) is 12.8 Å². The van der Waals surface area contributed by atoms with E-state index in [9.17, 15) is 0 Å². The van der Waals surface area contributed by atoms with E-state index < -0.39 is 0 Å². The number of halogens is 1. The number of likely N-dealkylation sites (N-methyl/N-ethyl adjacent to an activating group) is 1. The molecule has 1 aromatic carbocycles. The summed E-state index contributed by atoms with van der Waals surface area (Å²) in [5.41, 5.74) is 2.80. The second kappa shape index (κ2) is 7.09. The molecular weight excluding hydrogens is 274 g/mol. The van der Waals surface area contributed by atoms with Crippen LogP contribution in [0.15, 0.2) is 36.4 Å². The highest BCUT2D eigenvalue weighted by Crippen LogP contribution is 2.23. The first-order chi connectivity index (χ1) is 9.19. The maximum Gasteiger partial charge on any atom is 0.0931 e. The Labute approximate surface area is 124 Å². The van der Waals surface area contributed by atoms with Gasteiger partial charge in [-0.2, -0.15) is 0 Å². The molecule has 0 radical (unpaired) electrons. The molecule has 102 valence electrons. The third-order valence-electron chi connectivity index (χ3n) is 3.30. The average Bonchev–Trinajstić information content (AvgIpc) is 2.78. The lowest BCUT2D eigenvalue weighted by Gasteiger charge is -2.18. The maximum absolute atomic E-state index is 6.00. The van der Waals surface area contributed by atoms with E-state index >= 15 is 0 Å². The maximum atomic E-state index is 6.00. The van der Waals surface area contributed by atoms with E-state index in [0.29, 0.717) is 6.04 Å². The first kappa shape index (κ1) is 14.6. The van der Waals surface area contributed by atoms with Crippen molar-refractivity contribution in [3.8, 4) is 0 Å². The van der Waals surface area contributed by atoms with Gasteiger partial charge in [0.15, 0.2) is 0 Å². The predicted octanol–water partition coefficient (Wildman–Crippen LogP) is 4.47. The molecule has 1 unspecified atom stereocenters. The molecule has 1 N–H and O–H groups in total. The van der Waals surface area contributed by atoms with Gasteiger partial charge < -0.3 is 5.32 Å². The molecule has 19 heavy (non-hydrogen) atoms. The molecule has 1 aromatic heterocycles. The van der Waals surface area contributed by atoms with Gasteiger partial charge >= 0.3 is 0 Å². The number of hydrogen-bond donors (Lipinski definition) is 1. The van der Waals surface area contributed by atoms with Crippen LogP contribution in [0, 0.1) is 6.92 Å². The highest BCUT2D eigenvalue weighted by Gasteiger charge is 2.12. The fraction of sp³-hybridized carbons (Fsp3) is 0.375. The summed E-state index contributed by atoms with van der Waals surface area (Å²) in [7, 11) is 0. The minimum Gasteiger partial charge on any atom is -0.314 e. The van der Waals surface area contributed by atoms with Crippen LogP contribution < -0.4 is 5.32 Å². The Morgan fingerprint density at radius 1 is 1.16 bits per heavy atom. The summed E-state index contributed by atoms with van der Waals surface area (Å²) in [6.45, 7) is 5.34. The highest BCUT2D eigenvalue weighted by atomic mass is 35.5. The molecule has 2 rings (SSSR count). The van der Waals surface area contributed by atoms with Gasteiger partial charge in [-0.1, -0.05) is 42.8 Å². The van der Waals surface area contributed by atoms with Crippen molar-refractivity contribution in [2.24, 2.45) is 0 Å². The van der Waals surface area contributed by atoms with E-state index in [1.165, 1.54) is 16.0 Å². The molecule has 3 heteroatoms. The minimum atomic E-state index is 0.473. The summed E-state index contributed by atoms with van der Waals surface area (Å²) in [4.78, 5) is 1.35. The zero-order valence-corrected chi connectivity index (χ0v) is 13.0. The monoisotopic (exact) mass is 293 g/mol. The smallest absolute Gasteiger partial charge is 0.0931 e. The molecule has 0 aliphatic heterocycles. The molecule has 0 aliphatic rings. The normalized spacial score (nSPS) is 12.6. The topological polar surface area (TPSA) is 12.0 Å². The van der Waals surface area contributed by atoms with Gasteiger partial charge in [0, 0.05) is 10.9 Å². The van der Waals surface area contributed by atoms with Crippen LogP contribution in [0.5, 0.6) is 0 Å². The highest BCUT2D eigenvalue weighted by molar-refractivity contribution is 7.16. The molecule has 2 aromatic rings. The third kappa shape index (κ3) is 4.34. The average molecular weight is 294 g/mol. The summed E-state index contributed by atoms with van der Waals surface area (Å²) in [5.74, 6) is 0. The molecule has 0 bridgehead atoms. The van der Waals surface area contributed by atoms with E-state index in [2.05, 4.69) is 49.5 Å². The number of hydrogen-bond acceptors (Lipinski definition) is 2. The molecule has 0 saturated heterocycles. The summed E-state index contributed by atoms with van der Waals surface area (Å²) in [6.07, 6.45) is 2.11. The van der Waals surface area contributed by atoms with E-state index in [1.54, 1.807) is 11.3 Å². The van der Waals surface area contributed by atoms with Gasteiger partial charge in [-0.25, -0.2) is 0 Å². The Hall–Kier alpha value is -0.830. The standard InChI is InChI=1S/C16H20ClNS/c1-3-18-14(11-15-8-9-16(17)19-15)10-13-7-5-4-6-12(13)2/h4-9,14,18H,3,10-11H2,1-2H3. The fourth-order valence-corrected chi connectivity index (χ4v) is 3.48. The van der Waals surface area contributed by atoms with Crippen molar-refractivity contribution in [2.75, 3.05) is 6.54 Å². The van der Waals surface area contributed by atoms with Gasteiger partial charge in [-0.3, -0.25) is 0 Å². The Kier molecular flexibility index (Phi) is 5.44. The Morgan fingerprint density at radius 2 is 1.95 bits per heavy atom. The predicted molar refractivity (Wildman–Crippen MR) is 85.4 cm³/mol. The Morgan fingerprint density at radius 3 is 2.58 bits per heavy atom. The summed E-state index contributed by atoms with van der Waals surface area (Å²) in [6, 6.07) is 13.2. The van der Waals surface area contributed by atoms with Gasteiger partial charge in [0.2, 0.25) is 0 Å². The van der Waals surface area contributed by atoms with Gasteiger partial charge in [-0.15, -0.1) is 11.3 Å². The third-order valence-corrected chi connectivity index (χ3v) is 4.55. The molecule has 0 fully saturated rings. The number of nitrogens with one attached hydrogen (secondary N) is 1. The minimum absolute atomic E-state index is 0.473. The van der Waals surface area contributed by atoms with Crippen LogP contribution in [-0.4, -0.2) is 12.6 Å². The molecule has 0 amide bonds. The molecule has 1 heterocycles. The van der Waals surface area contributed by atoms with Crippen molar-refractivity contribution in [1.82, 2.24) is 5.32 Å². The van der Waals surface area contributed by atoms with Crippen molar-refractivity contribution in [3.05, 3.63) is 56.7 Å². The van der Waals surface area contributed by atoms with Crippen LogP contribution in [0.4, 0.5) is 0 Å². The van der Waals surface area contributed by atoms with Gasteiger partial charge in [0.1, 0.15) is 0 Å². The number of aryl methyl sites for hydroxylation is 1. The number of benzene rings is 1. The lowest BCUT2D eigenvalue weighted by Crippen LogP contribution is -2.33. The molecule has 0 saturated carbocycles. The zero-order valence-electron chi connectivity index (χ0n) is 11.4. The van der Waals surface area contributed by atoms with E-state index in [1.807, 2.05) is 6.07 Å². The van der Waals surface area contributed by atoms with Crippen LogP contribution in [0.3, 0.4) is 0 Å². The molecule has 0 spiro atoms. The Bertz CT molecular complexity index is 521. The second-order valence-electron chi connectivity index (χ2n) is 4.80. The lowest BCUT2D eigenvalue weighted by atomic mass is 9.99. The van der Waals surface area contributed by atoms with E-state index in [-0.39, 0.29) is 0 Å². The van der Waals surface area contributed by atoms with Crippen molar-refractivity contribution >= 4 is 22.9 Å². The lowest BCUT2D eigenvalue weighted by molar-refractivity contribution is 0.523. The summed E-state index contributed by atoms with van der Waals surface area (Å²) < 4.78 is 0.876. The van der Waals surface area contributed by atoms with Gasteiger partial charge in [-0.05, 0) is 49.6 Å². The van der Waals surface area contributed by atoms with Crippen LogP contribution in [0.2, 0.25) is 4.34 Å². The Balaban J connectivity index is 2.06. The molecule has 1 atom stereocenters. The van der Waals surface area contributed by atoms with Crippen molar-refractivity contribution in [2.45, 2.75) is 32.7 Å². The van der Waals surface area contributed by atoms with Crippen molar-refractivity contribution in [1.29, 1.82) is 0 Å². The zero-order chi connectivity index (χ0) is 13.7. The van der Waals surface area contributed by atoms with E-state index in [0.717, 1.165) is 23.7 Å². The SMILES string of the molecule is CCNC(Cc1ccc(Cl)s1)Cc1ccccc1C. The van der Waals surface area contributed by atoms with Gasteiger partial charge in [0.25, 0.3) is 0 Å². The molecular formula is C16H20ClNS. The van der Waals surface area contributed by atoms with Gasteiger partial charge in [0.05, 0.1) is 4.34 Å². The first-order valence-electron chi connectivity index (χ1n) is 6.71. The second-order valence-corrected chi connectivity index (χ2v) is 6.59. The van der Waals surface area contributed by atoms with Crippen molar-refractivity contribution < 1.29 is 0 Å². The number of thiophene rings is 1. The number of rotatable bonds is 6. The van der Waals surface area contributed by atoms with Crippen molar-refractivity contribution in [3.63, 3.8) is 0 Å². The quantitative estimate of drug-likeness (QED) is 0.828. The van der Waals surface area contributed by atoms with Crippen LogP contribution in [0.25, 0.3) is 0 Å². The van der Waals surface area contributed by atoms with Crippen LogP contribution in [0.1, 0.15) is 22.9 Å². The molecule has 0 aliphatic carbocycles. The summed E-state index contributed by atoms with van der Waals surface area (Å²) >= 11 is 7.69. The fourth-order valence-electron chi connectivity index (χ4n) is 2.31. The largest absolute Gasteiger partial charge is 0.314 e.